The minimum Gasteiger partial charge on any atom is -0.352 e. The molecule has 1 aromatic heterocycles. The molecule has 0 amide bonds. The van der Waals surface area contributed by atoms with Crippen LogP contribution in [0.1, 0.15) is 45.6 Å². The van der Waals surface area contributed by atoms with Crippen molar-refractivity contribution in [3.05, 3.63) is 23.6 Å². The van der Waals surface area contributed by atoms with Gasteiger partial charge in [0.25, 0.3) is 0 Å². The molecule has 1 aromatic rings. The SMILES string of the molecule is CCCCCN(c1nccc(CCl)c1F)C(C)C. The Morgan fingerprint density at radius 1 is 1.39 bits per heavy atom. The Labute approximate surface area is 114 Å². The molecule has 0 aromatic carbocycles. The van der Waals surface area contributed by atoms with Gasteiger partial charge in [0.15, 0.2) is 11.6 Å². The van der Waals surface area contributed by atoms with Gasteiger partial charge < -0.3 is 4.90 Å². The third-order valence-corrected chi connectivity index (χ3v) is 3.28. The van der Waals surface area contributed by atoms with Gasteiger partial charge in [0.1, 0.15) is 0 Å². The predicted octanol–water partition coefficient (Wildman–Crippen LogP) is 4.36. The number of hydrogen-bond donors (Lipinski definition) is 0. The molecule has 2 nitrogen and oxygen atoms in total. The Balaban J connectivity index is 2.91. The summed E-state index contributed by atoms with van der Waals surface area (Å²) < 4.78 is 14.2. The highest BCUT2D eigenvalue weighted by Gasteiger charge is 2.17. The maximum Gasteiger partial charge on any atom is 0.170 e. The van der Waals surface area contributed by atoms with Crippen molar-refractivity contribution in [2.45, 2.75) is 52.0 Å². The van der Waals surface area contributed by atoms with E-state index in [1.165, 1.54) is 0 Å². The van der Waals surface area contributed by atoms with E-state index in [1.807, 2.05) is 4.90 Å². The molecule has 0 bridgehead atoms. The lowest BCUT2D eigenvalue weighted by Gasteiger charge is -2.28. The Hall–Kier alpha value is -0.830. The van der Waals surface area contributed by atoms with E-state index in [9.17, 15) is 4.39 Å². The van der Waals surface area contributed by atoms with Crippen molar-refractivity contribution in [2.24, 2.45) is 0 Å². The first-order valence-corrected chi connectivity index (χ1v) is 7.11. The zero-order valence-corrected chi connectivity index (χ0v) is 12.2. The standard InChI is InChI=1S/C14H22ClFN2/c1-4-5-6-9-18(11(2)3)14-13(16)12(10-15)7-8-17-14/h7-8,11H,4-6,9-10H2,1-3H3. The Morgan fingerprint density at radius 2 is 2.11 bits per heavy atom. The van der Waals surface area contributed by atoms with Crippen LogP contribution in [0.5, 0.6) is 0 Å². The largest absolute Gasteiger partial charge is 0.352 e. The molecule has 102 valence electrons. The third-order valence-electron chi connectivity index (χ3n) is 2.99. The van der Waals surface area contributed by atoms with E-state index in [1.54, 1.807) is 12.3 Å². The van der Waals surface area contributed by atoms with Gasteiger partial charge in [-0.3, -0.25) is 0 Å². The second kappa shape index (κ2) is 7.57. The van der Waals surface area contributed by atoms with Crippen LogP contribution in [0.25, 0.3) is 0 Å². The van der Waals surface area contributed by atoms with Crippen LogP contribution in [0, 0.1) is 5.82 Å². The number of nitrogens with zero attached hydrogens (tertiary/aromatic N) is 2. The highest BCUT2D eigenvalue weighted by molar-refractivity contribution is 6.17. The highest BCUT2D eigenvalue weighted by atomic mass is 35.5. The Bertz CT molecular complexity index is 369. The maximum atomic E-state index is 14.2. The van der Waals surface area contributed by atoms with Gasteiger partial charge >= 0.3 is 0 Å². The first-order valence-electron chi connectivity index (χ1n) is 6.57. The smallest absolute Gasteiger partial charge is 0.170 e. The van der Waals surface area contributed by atoms with Crippen molar-refractivity contribution in [3.63, 3.8) is 0 Å². The van der Waals surface area contributed by atoms with Gasteiger partial charge in [0.05, 0.1) is 5.88 Å². The molecule has 4 heteroatoms. The molecule has 0 saturated carbocycles. The van der Waals surface area contributed by atoms with E-state index in [2.05, 4.69) is 25.8 Å². The molecule has 0 aliphatic heterocycles. The molecule has 0 saturated heterocycles. The van der Waals surface area contributed by atoms with Gasteiger partial charge in [0.2, 0.25) is 0 Å². The van der Waals surface area contributed by atoms with E-state index in [0.29, 0.717) is 11.4 Å². The summed E-state index contributed by atoms with van der Waals surface area (Å²) in [7, 11) is 0. The lowest BCUT2D eigenvalue weighted by Crippen LogP contribution is -2.33. The topological polar surface area (TPSA) is 16.1 Å². The molecule has 0 unspecified atom stereocenters. The molecule has 0 radical (unpaired) electrons. The molecule has 1 heterocycles. The van der Waals surface area contributed by atoms with Crippen LogP contribution >= 0.6 is 11.6 Å². The van der Waals surface area contributed by atoms with Crippen LogP contribution in [0.2, 0.25) is 0 Å². The first kappa shape index (κ1) is 15.2. The Kier molecular flexibility index (Phi) is 6.41. The Morgan fingerprint density at radius 3 is 2.67 bits per heavy atom. The van der Waals surface area contributed by atoms with Gasteiger partial charge in [-0.15, -0.1) is 11.6 Å². The molecule has 0 atom stereocenters. The number of hydrogen-bond acceptors (Lipinski definition) is 2. The zero-order chi connectivity index (χ0) is 13.5. The second-order valence-electron chi connectivity index (χ2n) is 4.74. The fourth-order valence-corrected chi connectivity index (χ4v) is 2.12. The molecule has 0 fully saturated rings. The van der Waals surface area contributed by atoms with Gasteiger partial charge in [-0.25, -0.2) is 9.37 Å². The summed E-state index contributed by atoms with van der Waals surface area (Å²) >= 11 is 5.73. The van der Waals surface area contributed by atoms with Crippen molar-refractivity contribution < 1.29 is 4.39 Å². The van der Waals surface area contributed by atoms with E-state index in [0.717, 1.165) is 25.8 Å². The zero-order valence-electron chi connectivity index (χ0n) is 11.4. The monoisotopic (exact) mass is 272 g/mol. The fourth-order valence-electron chi connectivity index (χ4n) is 1.92. The van der Waals surface area contributed by atoms with Gasteiger partial charge in [-0.2, -0.15) is 0 Å². The summed E-state index contributed by atoms with van der Waals surface area (Å²) in [6.45, 7) is 7.11. The second-order valence-corrected chi connectivity index (χ2v) is 5.00. The predicted molar refractivity (Wildman–Crippen MR) is 75.8 cm³/mol. The average Bonchev–Trinajstić information content (AvgIpc) is 2.35. The molecule has 0 spiro atoms. The van der Waals surface area contributed by atoms with E-state index in [4.69, 9.17) is 11.6 Å². The molecule has 0 aliphatic rings. The minimum atomic E-state index is -0.280. The van der Waals surface area contributed by atoms with Crippen LogP contribution in [-0.4, -0.2) is 17.6 Å². The van der Waals surface area contributed by atoms with Crippen molar-refractivity contribution in [1.82, 2.24) is 4.98 Å². The summed E-state index contributed by atoms with van der Waals surface area (Å²) in [6.07, 6.45) is 5.00. The summed E-state index contributed by atoms with van der Waals surface area (Å²) in [6, 6.07) is 1.87. The van der Waals surface area contributed by atoms with Crippen LogP contribution in [0.15, 0.2) is 12.3 Å². The quantitative estimate of drug-likeness (QED) is 0.541. The molecule has 1 rings (SSSR count). The van der Waals surface area contributed by atoms with E-state index < -0.39 is 0 Å². The van der Waals surface area contributed by atoms with Crippen LogP contribution in [0.3, 0.4) is 0 Å². The van der Waals surface area contributed by atoms with Crippen molar-refractivity contribution in [1.29, 1.82) is 0 Å². The maximum absolute atomic E-state index is 14.2. The van der Waals surface area contributed by atoms with Crippen LogP contribution < -0.4 is 4.90 Å². The third kappa shape index (κ3) is 3.84. The number of anilines is 1. The van der Waals surface area contributed by atoms with Crippen molar-refractivity contribution in [3.8, 4) is 0 Å². The normalized spacial score (nSPS) is 11.0. The number of unbranched alkanes of at least 4 members (excludes halogenated alkanes) is 2. The number of alkyl halides is 1. The van der Waals surface area contributed by atoms with Crippen LogP contribution in [-0.2, 0) is 5.88 Å². The minimum absolute atomic E-state index is 0.183. The molecule has 0 N–H and O–H groups in total. The molecular formula is C14H22ClFN2. The van der Waals surface area contributed by atoms with E-state index in [-0.39, 0.29) is 17.7 Å². The first-order chi connectivity index (χ1) is 8.61. The van der Waals surface area contributed by atoms with Crippen molar-refractivity contribution in [2.75, 3.05) is 11.4 Å². The number of pyridine rings is 1. The van der Waals surface area contributed by atoms with Crippen LogP contribution in [0.4, 0.5) is 10.2 Å². The summed E-state index contributed by atoms with van der Waals surface area (Å²) in [5.41, 5.74) is 0.516. The highest BCUT2D eigenvalue weighted by Crippen LogP contribution is 2.23. The van der Waals surface area contributed by atoms with Gasteiger partial charge in [0, 0.05) is 24.3 Å². The summed E-state index contributed by atoms with van der Waals surface area (Å²) in [4.78, 5) is 6.19. The van der Waals surface area contributed by atoms with Crippen molar-refractivity contribution >= 4 is 17.4 Å². The lowest BCUT2D eigenvalue weighted by atomic mass is 10.2. The molecular weight excluding hydrogens is 251 g/mol. The van der Waals surface area contributed by atoms with Gasteiger partial charge in [-0.1, -0.05) is 19.8 Å². The number of halogens is 2. The molecule has 0 aliphatic carbocycles. The van der Waals surface area contributed by atoms with Gasteiger partial charge in [-0.05, 0) is 26.3 Å². The fraction of sp³-hybridized carbons (Fsp3) is 0.643. The van der Waals surface area contributed by atoms with E-state index >= 15 is 0 Å². The molecule has 18 heavy (non-hydrogen) atoms. The lowest BCUT2D eigenvalue weighted by molar-refractivity contribution is 0.568. The number of rotatable bonds is 7. The number of aromatic nitrogens is 1. The average molecular weight is 273 g/mol. The summed E-state index contributed by atoms with van der Waals surface area (Å²) in [5, 5.41) is 0. The summed E-state index contributed by atoms with van der Waals surface area (Å²) in [5.74, 6) is 0.333.